The summed E-state index contributed by atoms with van der Waals surface area (Å²) in [6.45, 7) is 28.0. The Morgan fingerprint density at radius 1 is 0.357 bits per heavy atom. The maximum atomic E-state index is 2.50. The van der Waals surface area contributed by atoms with Gasteiger partial charge in [0, 0.05) is 32.9 Å². The number of aromatic nitrogens is 2. The first-order chi connectivity index (χ1) is 26.2. The van der Waals surface area contributed by atoms with E-state index in [1.165, 1.54) is 88.4 Å². The van der Waals surface area contributed by atoms with Gasteiger partial charge in [0.15, 0.2) is 0 Å². The highest BCUT2D eigenvalue weighted by atomic mass is 15.0. The number of hydrogen-bond donors (Lipinski definition) is 0. The summed E-state index contributed by atoms with van der Waals surface area (Å²) < 4.78 is 5.00. The molecule has 0 radical (unpaired) electrons. The van der Waals surface area contributed by atoms with Crippen LogP contribution in [0.3, 0.4) is 0 Å². The van der Waals surface area contributed by atoms with Crippen molar-refractivity contribution < 1.29 is 0 Å². The number of nitrogens with zero attached hydrogens (tertiary/aromatic N) is 2. The Bertz CT molecular complexity index is 2580. The molecule has 0 unspecified atom stereocenters. The molecule has 0 aliphatic heterocycles. The van der Waals surface area contributed by atoms with Gasteiger partial charge in [0.25, 0.3) is 0 Å². The van der Waals surface area contributed by atoms with Gasteiger partial charge in [-0.1, -0.05) is 144 Å². The highest BCUT2D eigenvalue weighted by molar-refractivity contribution is 6.10. The Kier molecular flexibility index (Phi) is 8.96. The van der Waals surface area contributed by atoms with Crippen molar-refractivity contribution in [3.63, 3.8) is 0 Å². The number of rotatable bonds is 5. The van der Waals surface area contributed by atoms with Crippen LogP contribution in [0.25, 0.3) is 66.1 Å². The molecule has 2 nitrogen and oxygen atoms in total. The van der Waals surface area contributed by atoms with E-state index in [9.17, 15) is 0 Å². The zero-order valence-electron chi connectivity index (χ0n) is 35.9. The van der Waals surface area contributed by atoms with E-state index >= 15 is 0 Å². The third-order valence-electron chi connectivity index (χ3n) is 11.4. The summed E-state index contributed by atoms with van der Waals surface area (Å²) in [6.07, 6.45) is 2.09. The first-order valence-corrected chi connectivity index (χ1v) is 20.6. The molecule has 0 saturated heterocycles. The van der Waals surface area contributed by atoms with Crippen LogP contribution >= 0.6 is 0 Å². The summed E-state index contributed by atoms with van der Waals surface area (Å²) in [7, 11) is 0. The Morgan fingerprint density at radius 2 is 0.714 bits per heavy atom. The second-order valence-corrected chi connectivity index (χ2v) is 20.9. The minimum absolute atomic E-state index is 0.0501. The van der Waals surface area contributed by atoms with Gasteiger partial charge in [-0.2, -0.15) is 0 Å². The summed E-state index contributed by atoms with van der Waals surface area (Å²) in [4.78, 5) is 0. The van der Waals surface area contributed by atoms with Gasteiger partial charge < -0.3 is 9.13 Å². The normalized spacial score (nSPS) is 13.1. The second-order valence-electron chi connectivity index (χ2n) is 20.9. The first kappa shape index (κ1) is 37.8. The van der Waals surface area contributed by atoms with Crippen LogP contribution in [-0.2, 0) is 23.7 Å². The van der Waals surface area contributed by atoms with Crippen molar-refractivity contribution >= 4 is 43.6 Å². The average Bonchev–Trinajstić information content (AvgIpc) is 3.61. The standard InChI is InChI=1S/C54H60N2/c1-51(2,3)33-35-21-23-49-45(25-35)43-17-13-15-19-47(43)55(49)41-29-37(27-39(31-41)53(7,8)9)38-28-40(54(10,11)12)32-42(30-38)56-48-20-16-14-18-44(48)46-26-36(22-24-50(46)56)34-52(4,5)6/h13-32H,33-34H2,1-12H3. The zero-order chi connectivity index (χ0) is 39.9. The molecule has 286 valence electrons. The molecule has 0 spiro atoms. The molecular weight excluding hydrogens is 677 g/mol. The quantitative estimate of drug-likeness (QED) is 0.166. The number of fused-ring (bicyclic) bond motifs is 6. The van der Waals surface area contributed by atoms with Crippen LogP contribution < -0.4 is 0 Å². The van der Waals surface area contributed by atoms with Gasteiger partial charge in [0.2, 0.25) is 0 Å². The maximum absolute atomic E-state index is 2.50. The monoisotopic (exact) mass is 736 g/mol. The first-order valence-electron chi connectivity index (χ1n) is 20.6. The van der Waals surface area contributed by atoms with Gasteiger partial charge >= 0.3 is 0 Å². The lowest BCUT2D eigenvalue weighted by Crippen LogP contribution is -2.13. The highest BCUT2D eigenvalue weighted by Crippen LogP contribution is 2.41. The van der Waals surface area contributed by atoms with Gasteiger partial charge in [0.1, 0.15) is 0 Å². The van der Waals surface area contributed by atoms with Crippen LogP contribution in [0.15, 0.2) is 121 Å². The van der Waals surface area contributed by atoms with Crippen molar-refractivity contribution in [2.75, 3.05) is 0 Å². The molecule has 0 fully saturated rings. The van der Waals surface area contributed by atoms with E-state index in [-0.39, 0.29) is 21.7 Å². The maximum Gasteiger partial charge on any atom is 0.0541 e. The molecule has 6 aromatic carbocycles. The Morgan fingerprint density at radius 3 is 1.07 bits per heavy atom. The summed E-state index contributed by atoms with van der Waals surface area (Å²) in [5.41, 5.74) is 15.6. The average molecular weight is 737 g/mol. The molecule has 0 atom stereocenters. The molecule has 0 bridgehead atoms. The molecular formula is C54H60N2. The Balaban J connectivity index is 1.38. The Labute approximate surface area is 335 Å². The van der Waals surface area contributed by atoms with Crippen molar-refractivity contribution in [3.8, 4) is 22.5 Å². The van der Waals surface area contributed by atoms with E-state index < -0.39 is 0 Å². The minimum atomic E-state index is -0.0501. The van der Waals surface area contributed by atoms with Crippen molar-refractivity contribution in [3.05, 3.63) is 144 Å². The van der Waals surface area contributed by atoms with Crippen LogP contribution in [0.1, 0.15) is 105 Å². The van der Waals surface area contributed by atoms with Crippen LogP contribution in [-0.4, -0.2) is 9.13 Å². The third kappa shape index (κ3) is 7.20. The number of para-hydroxylation sites is 2. The predicted octanol–water partition coefficient (Wildman–Crippen LogP) is 15.3. The fourth-order valence-corrected chi connectivity index (χ4v) is 8.72. The summed E-state index contributed by atoms with van der Waals surface area (Å²) in [6, 6.07) is 46.7. The third-order valence-corrected chi connectivity index (χ3v) is 11.4. The predicted molar refractivity (Wildman–Crippen MR) is 244 cm³/mol. The van der Waals surface area contributed by atoms with E-state index in [2.05, 4.69) is 214 Å². The molecule has 0 saturated carbocycles. The molecule has 0 amide bonds. The summed E-state index contributed by atoms with van der Waals surface area (Å²) >= 11 is 0. The van der Waals surface area contributed by atoms with E-state index in [1.54, 1.807) is 0 Å². The second kappa shape index (κ2) is 13.3. The van der Waals surface area contributed by atoms with E-state index in [4.69, 9.17) is 0 Å². The van der Waals surface area contributed by atoms with Crippen molar-refractivity contribution in [1.82, 2.24) is 9.13 Å². The van der Waals surface area contributed by atoms with Crippen LogP contribution in [0.4, 0.5) is 0 Å². The van der Waals surface area contributed by atoms with Gasteiger partial charge in [-0.3, -0.25) is 0 Å². The molecule has 2 heterocycles. The lowest BCUT2D eigenvalue weighted by molar-refractivity contribution is 0.411. The van der Waals surface area contributed by atoms with Gasteiger partial charge in [-0.15, -0.1) is 0 Å². The minimum Gasteiger partial charge on any atom is -0.309 e. The lowest BCUT2D eigenvalue weighted by atomic mass is 9.82. The van der Waals surface area contributed by atoms with Crippen molar-refractivity contribution in [1.29, 1.82) is 0 Å². The smallest absolute Gasteiger partial charge is 0.0541 e. The molecule has 2 aromatic heterocycles. The molecule has 0 aliphatic carbocycles. The van der Waals surface area contributed by atoms with E-state index in [0.29, 0.717) is 0 Å². The fourth-order valence-electron chi connectivity index (χ4n) is 8.72. The van der Waals surface area contributed by atoms with E-state index in [1.807, 2.05) is 0 Å². The van der Waals surface area contributed by atoms with E-state index in [0.717, 1.165) is 12.8 Å². The number of benzene rings is 6. The van der Waals surface area contributed by atoms with Crippen molar-refractivity contribution in [2.45, 2.75) is 107 Å². The largest absolute Gasteiger partial charge is 0.309 e. The fraction of sp³-hybridized carbons (Fsp3) is 0.333. The molecule has 0 aliphatic rings. The summed E-state index contributed by atoms with van der Waals surface area (Å²) in [5, 5.41) is 5.24. The topological polar surface area (TPSA) is 9.86 Å². The molecule has 2 heteroatoms. The summed E-state index contributed by atoms with van der Waals surface area (Å²) in [5.74, 6) is 0. The van der Waals surface area contributed by atoms with Gasteiger partial charge in [-0.05, 0) is 129 Å². The molecule has 56 heavy (non-hydrogen) atoms. The van der Waals surface area contributed by atoms with Crippen LogP contribution in [0.2, 0.25) is 0 Å². The molecule has 8 aromatic rings. The van der Waals surface area contributed by atoms with Gasteiger partial charge in [-0.25, -0.2) is 0 Å². The van der Waals surface area contributed by atoms with Crippen LogP contribution in [0.5, 0.6) is 0 Å². The lowest BCUT2D eigenvalue weighted by Gasteiger charge is -2.25. The SMILES string of the molecule is CC(C)(C)Cc1ccc2c(c1)c1ccccc1n2-c1cc(-c2cc(-n3c4ccccc4c4cc(CC(C)(C)C)ccc43)cc(C(C)(C)C)c2)cc(C(C)(C)C)c1. The van der Waals surface area contributed by atoms with Crippen molar-refractivity contribution in [2.24, 2.45) is 10.8 Å². The Hall–Kier alpha value is -5.08. The molecule has 8 rings (SSSR count). The highest BCUT2D eigenvalue weighted by Gasteiger charge is 2.23. The number of hydrogen-bond acceptors (Lipinski definition) is 0. The molecule has 0 N–H and O–H groups in total. The van der Waals surface area contributed by atoms with Crippen LogP contribution in [0, 0.1) is 10.8 Å². The van der Waals surface area contributed by atoms with Gasteiger partial charge in [0.05, 0.1) is 22.1 Å². The zero-order valence-corrected chi connectivity index (χ0v) is 35.9.